The van der Waals surface area contributed by atoms with Gasteiger partial charge in [0.25, 0.3) is 0 Å². The van der Waals surface area contributed by atoms with Crippen LogP contribution in [0.5, 0.6) is 0 Å². The van der Waals surface area contributed by atoms with Crippen molar-refractivity contribution in [3.63, 3.8) is 0 Å². The van der Waals surface area contributed by atoms with Crippen LogP contribution < -0.4 is 5.46 Å². The summed E-state index contributed by atoms with van der Waals surface area (Å²) in [6.45, 7) is 9.90. The van der Waals surface area contributed by atoms with Crippen molar-refractivity contribution in [1.82, 2.24) is 4.98 Å². The molecule has 2 rings (SSSR count). The first kappa shape index (κ1) is 14.5. The number of pyridine rings is 1. The average molecular weight is 265 g/mol. The van der Waals surface area contributed by atoms with Crippen LogP contribution in [0.2, 0.25) is 0 Å². The van der Waals surface area contributed by atoms with E-state index in [1.165, 1.54) is 6.20 Å². The van der Waals surface area contributed by atoms with E-state index in [2.05, 4.69) is 11.9 Å². The van der Waals surface area contributed by atoms with Gasteiger partial charge in [-0.25, -0.2) is 4.39 Å². The van der Waals surface area contributed by atoms with Crippen LogP contribution in [0, 0.1) is 5.82 Å². The summed E-state index contributed by atoms with van der Waals surface area (Å²) in [7, 11) is -0.663. The molecular weight excluding hydrogens is 244 g/mol. The van der Waals surface area contributed by atoms with E-state index in [0.29, 0.717) is 5.46 Å². The van der Waals surface area contributed by atoms with Crippen molar-refractivity contribution in [3.05, 3.63) is 23.8 Å². The standard InChI is InChI=1S/C14H21BFNO2/c1-6-7-10-8-11(12(16)9-17-10)15-18-13(2,3)14(4,5)19-15/h8-9H,6-7H2,1-5H3. The summed E-state index contributed by atoms with van der Waals surface area (Å²) in [4.78, 5) is 4.09. The molecule has 0 spiro atoms. The summed E-state index contributed by atoms with van der Waals surface area (Å²) in [6.07, 6.45) is 3.06. The molecule has 1 aliphatic heterocycles. The zero-order chi connectivity index (χ0) is 14.3. The van der Waals surface area contributed by atoms with Gasteiger partial charge in [0.1, 0.15) is 5.82 Å². The molecule has 104 valence electrons. The van der Waals surface area contributed by atoms with Gasteiger partial charge in [0.05, 0.1) is 17.4 Å². The molecule has 0 amide bonds. The Kier molecular flexibility index (Phi) is 3.71. The highest BCUT2D eigenvalue weighted by Crippen LogP contribution is 2.36. The van der Waals surface area contributed by atoms with Crippen molar-refractivity contribution in [1.29, 1.82) is 0 Å². The minimum absolute atomic E-state index is 0.377. The number of aryl methyl sites for hydroxylation is 1. The van der Waals surface area contributed by atoms with Crippen molar-refractivity contribution in [3.8, 4) is 0 Å². The summed E-state index contributed by atoms with van der Waals surface area (Å²) in [6, 6.07) is 1.75. The average Bonchev–Trinajstić information content (AvgIpc) is 2.51. The van der Waals surface area contributed by atoms with Gasteiger partial charge in [0, 0.05) is 11.2 Å². The SMILES string of the molecule is CCCc1cc(B2OC(C)(C)C(C)(C)O2)c(F)cn1. The molecule has 1 aromatic heterocycles. The van der Waals surface area contributed by atoms with Crippen LogP contribution in [0.4, 0.5) is 4.39 Å². The van der Waals surface area contributed by atoms with Crippen LogP contribution in [0.15, 0.2) is 12.3 Å². The van der Waals surface area contributed by atoms with Crippen molar-refractivity contribution in [2.45, 2.75) is 58.7 Å². The van der Waals surface area contributed by atoms with E-state index in [-0.39, 0.29) is 5.82 Å². The van der Waals surface area contributed by atoms with Crippen LogP contribution in [-0.4, -0.2) is 23.3 Å². The molecule has 0 aliphatic carbocycles. The molecule has 19 heavy (non-hydrogen) atoms. The zero-order valence-electron chi connectivity index (χ0n) is 12.3. The van der Waals surface area contributed by atoms with Gasteiger partial charge in [-0.3, -0.25) is 4.98 Å². The molecule has 1 saturated heterocycles. The van der Waals surface area contributed by atoms with Crippen LogP contribution >= 0.6 is 0 Å². The number of hydrogen-bond acceptors (Lipinski definition) is 3. The van der Waals surface area contributed by atoms with Gasteiger partial charge in [-0.2, -0.15) is 0 Å². The molecule has 0 radical (unpaired) electrons. The van der Waals surface area contributed by atoms with E-state index in [9.17, 15) is 4.39 Å². The Morgan fingerprint density at radius 1 is 1.21 bits per heavy atom. The van der Waals surface area contributed by atoms with Crippen LogP contribution in [-0.2, 0) is 15.7 Å². The molecule has 5 heteroatoms. The van der Waals surface area contributed by atoms with Gasteiger partial charge in [0.2, 0.25) is 0 Å². The monoisotopic (exact) mass is 265 g/mol. The Labute approximate surface area is 114 Å². The largest absolute Gasteiger partial charge is 0.497 e. The first-order chi connectivity index (χ1) is 8.77. The van der Waals surface area contributed by atoms with Gasteiger partial charge in [-0.1, -0.05) is 13.3 Å². The van der Waals surface area contributed by atoms with E-state index in [1.54, 1.807) is 6.07 Å². The summed E-state index contributed by atoms with van der Waals surface area (Å²) in [5.41, 5.74) is 0.391. The van der Waals surface area contributed by atoms with E-state index in [0.717, 1.165) is 18.5 Å². The lowest BCUT2D eigenvalue weighted by Gasteiger charge is -2.32. The maximum Gasteiger partial charge on any atom is 0.497 e. The van der Waals surface area contributed by atoms with Gasteiger partial charge in [0.15, 0.2) is 0 Å². The van der Waals surface area contributed by atoms with Gasteiger partial charge >= 0.3 is 7.12 Å². The molecule has 1 fully saturated rings. The fourth-order valence-corrected chi connectivity index (χ4v) is 2.04. The van der Waals surface area contributed by atoms with Crippen LogP contribution in [0.1, 0.15) is 46.7 Å². The van der Waals surface area contributed by atoms with Crippen molar-refractivity contribution in [2.75, 3.05) is 0 Å². The van der Waals surface area contributed by atoms with E-state index in [1.807, 2.05) is 27.7 Å². The van der Waals surface area contributed by atoms with Gasteiger partial charge < -0.3 is 9.31 Å². The second kappa shape index (κ2) is 4.87. The first-order valence-electron chi connectivity index (χ1n) is 6.77. The Balaban J connectivity index is 2.31. The molecule has 3 nitrogen and oxygen atoms in total. The van der Waals surface area contributed by atoms with Crippen molar-refractivity contribution in [2.24, 2.45) is 0 Å². The van der Waals surface area contributed by atoms with E-state index < -0.39 is 18.3 Å². The minimum atomic E-state index is -0.663. The Morgan fingerprint density at radius 2 is 1.79 bits per heavy atom. The third-order valence-electron chi connectivity index (χ3n) is 3.95. The molecule has 0 bridgehead atoms. The number of rotatable bonds is 3. The van der Waals surface area contributed by atoms with Crippen LogP contribution in [0.3, 0.4) is 0 Å². The summed E-state index contributed by atoms with van der Waals surface area (Å²) in [5, 5.41) is 0. The first-order valence-corrected chi connectivity index (χ1v) is 6.77. The Bertz CT molecular complexity index is 461. The quantitative estimate of drug-likeness (QED) is 0.787. The predicted molar refractivity (Wildman–Crippen MR) is 73.9 cm³/mol. The lowest BCUT2D eigenvalue weighted by Crippen LogP contribution is -2.41. The Hall–Kier alpha value is -0.935. The fraction of sp³-hybridized carbons (Fsp3) is 0.643. The van der Waals surface area contributed by atoms with Crippen molar-refractivity contribution < 1.29 is 13.7 Å². The maximum absolute atomic E-state index is 13.9. The highest BCUT2D eigenvalue weighted by atomic mass is 19.1. The molecule has 2 heterocycles. The van der Waals surface area contributed by atoms with Crippen molar-refractivity contribution >= 4 is 12.6 Å². The summed E-state index contributed by atoms with van der Waals surface area (Å²) >= 11 is 0. The fourth-order valence-electron chi connectivity index (χ4n) is 2.04. The molecular formula is C14H21BFNO2. The number of hydrogen-bond donors (Lipinski definition) is 0. The molecule has 1 aromatic rings. The second-order valence-electron chi connectivity index (χ2n) is 6.04. The summed E-state index contributed by atoms with van der Waals surface area (Å²) in [5.74, 6) is -0.377. The topological polar surface area (TPSA) is 31.4 Å². The normalized spacial score (nSPS) is 20.8. The second-order valence-corrected chi connectivity index (χ2v) is 6.04. The smallest absolute Gasteiger partial charge is 0.399 e. The van der Waals surface area contributed by atoms with E-state index >= 15 is 0 Å². The predicted octanol–water partition coefficient (Wildman–Crippen LogP) is 2.47. The Morgan fingerprint density at radius 3 is 2.32 bits per heavy atom. The van der Waals surface area contributed by atoms with Gasteiger partial charge in [-0.05, 0) is 40.2 Å². The number of halogens is 1. The molecule has 1 aliphatic rings. The third-order valence-corrected chi connectivity index (χ3v) is 3.95. The summed E-state index contributed by atoms with van der Waals surface area (Å²) < 4.78 is 25.7. The molecule has 0 saturated carbocycles. The van der Waals surface area contributed by atoms with Crippen LogP contribution in [0.25, 0.3) is 0 Å². The number of nitrogens with zero attached hydrogens (tertiary/aromatic N) is 1. The van der Waals surface area contributed by atoms with Gasteiger partial charge in [-0.15, -0.1) is 0 Å². The zero-order valence-corrected chi connectivity index (χ0v) is 12.3. The molecule has 0 N–H and O–H groups in total. The lowest BCUT2D eigenvalue weighted by molar-refractivity contribution is 0.00578. The number of aromatic nitrogens is 1. The third kappa shape index (κ3) is 2.67. The molecule has 0 atom stereocenters. The highest BCUT2D eigenvalue weighted by molar-refractivity contribution is 6.62. The molecule has 0 aromatic carbocycles. The minimum Gasteiger partial charge on any atom is -0.399 e. The maximum atomic E-state index is 13.9. The molecule has 0 unspecified atom stereocenters. The highest BCUT2D eigenvalue weighted by Gasteiger charge is 2.52. The lowest BCUT2D eigenvalue weighted by atomic mass is 9.78. The van der Waals surface area contributed by atoms with E-state index in [4.69, 9.17) is 9.31 Å².